The van der Waals surface area contributed by atoms with E-state index in [0.717, 1.165) is 31.9 Å². The fourth-order valence-electron chi connectivity index (χ4n) is 2.82. The number of sulfonamides is 1. The highest BCUT2D eigenvalue weighted by Crippen LogP contribution is 2.29. The van der Waals surface area contributed by atoms with Gasteiger partial charge in [-0.05, 0) is 25.3 Å². The predicted octanol–water partition coefficient (Wildman–Crippen LogP) is 0.158. The molecule has 0 aromatic rings. The van der Waals surface area contributed by atoms with E-state index in [9.17, 15) is 16.8 Å². The van der Waals surface area contributed by atoms with Gasteiger partial charge >= 0.3 is 0 Å². The van der Waals surface area contributed by atoms with E-state index in [-0.39, 0.29) is 12.0 Å². The highest BCUT2D eigenvalue weighted by atomic mass is 32.3. The largest absolute Gasteiger partial charge is 0.330 e. The summed E-state index contributed by atoms with van der Waals surface area (Å²) in [4.78, 5) is 0. The molecule has 6 nitrogen and oxygen atoms in total. The molecule has 0 saturated heterocycles. The minimum Gasteiger partial charge on any atom is -0.330 e. The Morgan fingerprint density at radius 2 is 1.74 bits per heavy atom. The van der Waals surface area contributed by atoms with Gasteiger partial charge in [-0.15, -0.1) is 0 Å². The third-order valence-electron chi connectivity index (χ3n) is 3.57. The molecule has 19 heavy (non-hydrogen) atoms. The van der Waals surface area contributed by atoms with Gasteiger partial charge in [-0.25, -0.2) is 16.8 Å². The molecule has 2 N–H and O–H groups in total. The van der Waals surface area contributed by atoms with Crippen LogP contribution in [0.5, 0.6) is 0 Å². The van der Waals surface area contributed by atoms with Crippen LogP contribution in [0, 0.1) is 5.92 Å². The van der Waals surface area contributed by atoms with Gasteiger partial charge in [0.25, 0.3) is 0 Å². The lowest BCUT2D eigenvalue weighted by Crippen LogP contribution is -2.49. The van der Waals surface area contributed by atoms with Gasteiger partial charge in [-0.1, -0.05) is 19.8 Å². The zero-order valence-electron chi connectivity index (χ0n) is 11.6. The van der Waals surface area contributed by atoms with Crippen LogP contribution in [0.1, 0.15) is 32.6 Å². The van der Waals surface area contributed by atoms with E-state index in [0.29, 0.717) is 13.1 Å². The third-order valence-corrected chi connectivity index (χ3v) is 7.72. The topological polar surface area (TPSA) is 97.5 Å². The van der Waals surface area contributed by atoms with Crippen LogP contribution in [0.3, 0.4) is 0 Å². The van der Waals surface area contributed by atoms with E-state index < -0.39 is 24.9 Å². The highest BCUT2D eigenvalue weighted by Gasteiger charge is 2.36. The quantitative estimate of drug-likeness (QED) is 0.753. The molecule has 1 aliphatic carbocycles. The molecule has 2 unspecified atom stereocenters. The average molecular weight is 312 g/mol. The SMILES string of the molecule is CCN(C1CCCCC1CN)S(=O)(=O)CS(C)(=O)=O. The van der Waals surface area contributed by atoms with Crippen molar-refractivity contribution in [3.63, 3.8) is 0 Å². The minimum absolute atomic E-state index is 0.128. The van der Waals surface area contributed by atoms with Gasteiger partial charge in [0.1, 0.15) is 0 Å². The zero-order valence-corrected chi connectivity index (χ0v) is 13.2. The molecule has 1 fully saturated rings. The molecule has 0 amide bonds. The Balaban J connectivity index is 2.98. The Bertz CT molecular complexity index is 487. The molecule has 0 heterocycles. The lowest BCUT2D eigenvalue weighted by Gasteiger charge is -2.38. The summed E-state index contributed by atoms with van der Waals surface area (Å²) < 4.78 is 48.4. The van der Waals surface area contributed by atoms with Crippen LogP contribution in [0.25, 0.3) is 0 Å². The smallest absolute Gasteiger partial charge is 0.228 e. The fraction of sp³-hybridized carbons (Fsp3) is 1.00. The number of sulfone groups is 1. The summed E-state index contributed by atoms with van der Waals surface area (Å²) in [6.45, 7) is 2.47. The Morgan fingerprint density at radius 3 is 2.21 bits per heavy atom. The van der Waals surface area contributed by atoms with Crippen LogP contribution >= 0.6 is 0 Å². The molecule has 0 aromatic heterocycles. The van der Waals surface area contributed by atoms with Gasteiger partial charge < -0.3 is 5.73 Å². The van der Waals surface area contributed by atoms with Crippen LogP contribution in [0.4, 0.5) is 0 Å². The summed E-state index contributed by atoms with van der Waals surface area (Å²) in [5.74, 6) is 0.128. The Morgan fingerprint density at radius 1 is 1.16 bits per heavy atom. The minimum atomic E-state index is -3.78. The summed E-state index contributed by atoms with van der Waals surface area (Å²) in [6, 6.07) is -0.157. The first-order valence-electron chi connectivity index (χ1n) is 6.58. The summed E-state index contributed by atoms with van der Waals surface area (Å²) in [5.41, 5.74) is 5.72. The van der Waals surface area contributed by atoms with Gasteiger partial charge in [0.15, 0.2) is 14.9 Å². The normalized spacial score (nSPS) is 25.7. The Hall–Kier alpha value is -0.180. The van der Waals surface area contributed by atoms with Crippen LogP contribution in [0.2, 0.25) is 0 Å². The van der Waals surface area contributed by atoms with Crippen molar-refractivity contribution in [3.8, 4) is 0 Å². The number of nitrogens with zero attached hydrogens (tertiary/aromatic N) is 1. The molecule has 1 rings (SSSR count). The molecule has 1 aliphatic rings. The second kappa shape index (κ2) is 6.51. The van der Waals surface area contributed by atoms with Crippen LogP contribution in [-0.2, 0) is 19.9 Å². The first kappa shape index (κ1) is 16.9. The summed E-state index contributed by atoms with van der Waals surface area (Å²) in [7, 11) is -7.34. The van der Waals surface area contributed by atoms with Crippen LogP contribution in [0.15, 0.2) is 0 Å². The van der Waals surface area contributed by atoms with Crippen LogP contribution in [-0.4, -0.2) is 51.6 Å². The summed E-state index contributed by atoms with van der Waals surface area (Å²) in [6.07, 6.45) is 4.64. The Kier molecular flexibility index (Phi) is 5.78. The number of nitrogens with two attached hydrogens (primary N) is 1. The molecule has 0 radical (unpaired) electrons. The number of hydrogen-bond acceptors (Lipinski definition) is 5. The Labute approximate surface area is 116 Å². The van der Waals surface area contributed by atoms with Crippen molar-refractivity contribution in [2.45, 2.75) is 38.6 Å². The standard InChI is InChI=1S/C11H24N2O4S2/c1-3-13(19(16,17)9-18(2,14)15)11-7-5-4-6-10(11)8-12/h10-11H,3-9,12H2,1-2H3. The summed E-state index contributed by atoms with van der Waals surface area (Å²) in [5, 5.41) is -0.818. The van der Waals surface area contributed by atoms with Gasteiger partial charge in [0, 0.05) is 18.8 Å². The molecule has 2 atom stereocenters. The van der Waals surface area contributed by atoms with Crippen LogP contribution < -0.4 is 5.73 Å². The zero-order chi connectivity index (χ0) is 14.7. The van der Waals surface area contributed by atoms with Crippen molar-refractivity contribution in [1.82, 2.24) is 4.31 Å². The number of hydrogen-bond donors (Lipinski definition) is 1. The summed E-state index contributed by atoms with van der Waals surface area (Å²) >= 11 is 0. The third kappa shape index (κ3) is 4.70. The molecule has 8 heteroatoms. The van der Waals surface area contributed by atoms with E-state index in [1.807, 2.05) is 0 Å². The number of rotatable bonds is 6. The van der Waals surface area contributed by atoms with Gasteiger partial charge in [-0.3, -0.25) is 0 Å². The molecule has 0 spiro atoms. The highest BCUT2D eigenvalue weighted by molar-refractivity contribution is 8.06. The van der Waals surface area contributed by atoms with E-state index in [1.165, 1.54) is 4.31 Å². The van der Waals surface area contributed by atoms with E-state index in [4.69, 9.17) is 5.73 Å². The van der Waals surface area contributed by atoms with E-state index in [2.05, 4.69) is 0 Å². The molecular formula is C11H24N2O4S2. The van der Waals surface area contributed by atoms with E-state index >= 15 is 0 Å². The first-order chi connectivity index (χ1) is 8.71. The lowest BCUT2D eigenvalue weighted by molar-refractivity contribution is 0.188. The first-order valence-corrected chi connectivity index (χ1v) is 10.3. The second-order valence-electron chi connectivity index (χ2n) is 5.21. The molecule has 0 bridgehead atoms. The van der Waals surface area contributed by atoms with Gasteiger partial charge in [0.2, 0.25) is 10.0 Å². The maximum atomic E-state index is 12.2. The monoisotopic (exact) mass is 312 g/mol. The molecular weight excluding hydrogens is 288 g/mol. The maximum absolute atomic E-state index is 12.2. The second-order valence-corrected chi connectivity index (χ2v) is 9.63. The fourth-order valence-corrected chi connectivity index (χ4v) is 6.61. The van der Waals surface area contributed by atoms with Crippen molar-refractivity contribution in [2.75, 3.05) is 24.4 Å². The van der Waals surface area contributed by atoms with Gasteiger partial charge in [-0.2, -0.15) is 4.31 Å². The van der Waals surface area contributed by atoms with Crippen molar-refractivity contribution in [1.29, 1.82) is 0 Å². The van der Waals surface area contributed by atoms with Gasteiger partial charge in [0.05, 0.1) is 0 Å². The predicted molar refractivity (Wildman–Crippen MR) is 75.8 cm³/mol. The van der Waals surface area contributed by atoms with Crippen molar-refractivity contribution in [2.24, 2.45) is 11.7 Å². The van der Waals surface area contributed by atoms with Crippen molar-refractivity contribution >= 4 is 19.9 Å². The molecule has 1 saturated carbocycles. The van der Waals surface area contributed by atoms with E-state index in [1.54, 1.807) is 6.92 Å². The lowest BCUT2D eigenvalue weighted by atomic mass is 9.84. The van der Waals surface area contributed by atoms with Crippen molar-refractivity contribution in [3.05, 3.63) is 0 Å². The maximum Gasteiger partial charge on any atom is 0.228 e. The molecule has 0 aliphatic heterocycles. The molecule has 114 valence electrons. The average Bonchev–Trinajstić information content (AvgIpc) is 2.27. The molecule has 0 aromatic carbocycles. The van der Waals surface area contributed by atoms with Crippen molar-refractivity contribution < 1.29 is 16.8 Å².